The van der Waals surface area contributed by atoms with Gasteiger partial charge in [0.05, 0.1) is 0 Å². The van der Waals surface area contributed by atoms with Gasteiger partial charge in [-0.05, 0) is 49.7 Å². The van der Waals surface area contributed by atoms with Crippen molar-refractivity contribution in [2.24, 2.45) is 11.8 Å². The first-order valence-corrected chi connectivity index (χ1v) is 14.5. The maximum atomic E-state index is 13.8. The number of rotatable bonds is 8. The van der Waals surface area contributed by atoms with Crippen LogP contribution in [0.25, 0.3) is 0 Å². The Labute approximate surface area is 235 Å². The second-order valence-electron chi connectivity index (χ2n) is 11.1. The van der Waals surface area contributed by atoms with Crippen LogP contribution in [-0.4, -0.2) is 58.7 Å². The average Bonchev–Trinajstić information content (AvgIpc) is 3.70. The Morgan fingerprint density at radius 2 is 0.975 bits per heavy atom. The summed E-state index contributed by atoms with van der Waals surface area (Å²) in [5, 5.41) is 0. The lowest BCUT2D eigenvalue weighted by Crippen LogP contribution is -2.51. The molecule has 212 valence electrons. The zero-order valence-electron chi connectivity index (χ0n) is 22.9. The van der Waals surface area contributed by atoms with Crippen LogP contribution in [0.4, 0.5) is 0 Å². The molecule has 0 N–H and O–H groups in total. The molecule has 0 bridgehead atoms. The molecule has 2 heterocycles. The summed E-state index contributed by atoms with van der Waals surface area (Å²) in [6.07, 6.45) is 5.51. The average molecular weight is 547 g/mol. The lowest BCUT2D eigenvalue weighted by molar-refractivity contribution is -0.160. The van der Waals surface area contributed by atoms with Crippen molar-refractivity contribution in [2.45, 2.75) is 76.7 Å². The number of amides is 2. The van der Waals surface area contributed by atoms with E-state index in [0.29, 0.717) is 38.8 Å². The van der Waals surface area contributed by atoms with Gasteiger partial charge in [-0.25, -0.2) is 9.59 Å². The number of carbonyl (C=O) groups is 4. The van der Waals surface area contributed by atoms with Crippen LogP contribution in [-0.2, 0) is 41.9 Å². The van der Waals surface area contributed by atoms with Gasteiger partial charge in [-0.3, -0.25) is 9.59 Å². The summed E-state index contributed by atoms with van der Waals surface area (Å²) in [5.41, 5.74) is 1.79. The van der Waals surface area contributed by atoms with Crippen molar-refractivity contribution >= 4 is 23.8 Å². The van der Waals surface area contributed by atoms with Crippen molar-refractivity contribution in [2.75, 3.05) is 13.1 Å². The van der Waals surface area contributed by atoms with E-state index in [1.165, 1.54) is 0 Å². The third kappa shape index (κ3) is 6.37. The zero-order valence-corrected chi connectivity index (χ0v) is 22.9. The molecule has 0 spiro atoms. The molecule has 1 saturated carbocycles. The summed E-state index contributed by atoms with van der Waals surface area (Å²) in [4.78, 5) is 56.9. The number of hydrogen-bond donors (Lipinski definition) is 0. The van der Waals surface area contributed by atoms with Crippen LogP contribution < -0.4 is 0 Å². The van der Waals surface area contributed by atoms with Crippen molar-refractivity contribution in [3.63, 3.8) is 0 Å². The van der Waals surface area contributed by atoms with Gasteiger partial charge in [0.25, 0.3) is 0 Å². The molecular weight excluding hydrogens is 508 g/mol. The van der Waals surface area contributed by atoms with Crippen LogP contribution >= 0.6 is 0 Å². The van der Waals surface area contributed by atoms with Gasteiger partial charge in [0.2, 0.25) is 11.8 Å². The molecule has 5 rings (SSSR count). The van der Waals surface area contributed by atoms with Gasteiger partial charge in [-0.2, -0.15) is 0 Å². The van der Waals surface area contributed by atoms with Crippen LogP contribution in [0.3, 0.4) is 0 Å². The quantitative estimate of drug-likeness (QED) is 0.460. The summed E-state index contributed by atoms with van der Waals surface area (Å²) in [5.74, 6) is -2.06. The van der Waals surface area contributed by atoms with Gasteiger partial charge in [0.15, 0.2) is 0 Å². The van der Waals surface area contributed by atoms with Gasteiger partial charge in [0, 0.05) is 24.9 Å². The number of carbonyl (C=O) groups excluding carboxylic acids is 4. The molecular formula is C32H38N2O6. The van der Waals surface area contributed by atoms with Gasteiger partial charge < -0.3 is 19.3 Å². The van der Waals surface area contributed by atoms with Gasteiger partial charge in [-0.15, -0.1) is 0 Å². The highest BCUT2D eigenvalue weighted by atomic mass is 16.5. The largest absolute Gasteiger partial charge is 0.459 e. The van der Waals surface area contributed by atoms with Crippen molar-refractivity contribution in [1.29, 1.82) is 0 Å². The van der Waals surface area contributed by atoms with Crippen molar-refractivity contribution in [3.05, 3.63) is 71.8 Å². The lowest BCUT2D eigenvalue weighted by Gasteiger charge is -2.37. The molecule has 8 nitrogen and oxygen atoms in total. The van der Waals surface area contributed by atoms with Crippen LogP contribution in [0.5, 0.6) is 0 Å². The van der Waals surface area contributed by atoms with Gasteiger partial charge >= 0.3 is 11.9 Å². The van der Waals surface area contributed by atoms with Crippen LogP contribution in [0.2, 0.25) is 0 Å². The predicted octanol–water partition coefficient (Wildman–Crippen LogP) is 4.26. The molecule has 2 amide bonds. The van der Waals surface area contributed by atoms with E-state index in [2.05, 4.69) is 0 Å². The number of hydrogen-bond acceptors (Lipinski definition) is 6. The fourth-order valence-corrected chi connectivity index (χ4v) is 6.35. The molecule has 0 radical (unpaired) electrons. The Morgan fingerprint density at radius 3 is 1.38 bits per heavy atom. The van der Waals surface area contributed by atoms with Crippen molar-refractivity contribution in [3.8, 4) is 0 Å². The molecule has 2 aromatic carbocycles. The SMILES string of the molecule is O=C(OCc1ccccc1)[C@H]1CCCN1C(=O)C1CCCC[C@@H]1C(=O)N1CCC[C@H]1C(=O)OCc1ccccc1. The minimum absolute atomic E-state index is 0.139. The molecule has 8 heteroatoms. The summed E-state index contributed by atoms with van der Waals surface area (Å²) in [7, 11) is 0. The highest BCUT2D eigenvalue weighted by Gasteiger charge is 2.46. The van der Waals surface area contributed by atoms with E-state index in [9.17, 15) is 19.2 Å². The first kappa shape index (κ1) is 27.9. The van der Waals surface area contributed by atoms with Gasteiger partial charge in [-0.1, -0.05) is 73.5 Å². The highest BCUT2D eigenvalue weighted by Crippen LogP contribution is 2.36. The van der Waals surface area contributed by atoms with Crippen LogP contribution in [0.15, 0.2) is 60.7 Å². The standard InChI is InChI=1S/C32H38N2O6/c35-29(33-19-9-17-27(33)31(37)39-21-23-11-3-1-4-12-23)25-15-7-8-16-26(25)30(36)34-20-10-18-28(34)32(38)40-22-24-13-5-2-6-14-24/h1-6,11-14,25-28H,7-10,15-22H2/t25-,26?,27-,28+/m0/s1. The number of benzene rings is 2. The smallest absolute Gasteiger partial charge is 0.329 e. The Bertz CT molecular complexity index is 1090. The number of likely N-dealkylation sites (tertiary alicyclic amines) is 2. The fourth-order valence-electron chi connectivity index (χ4n) is 6.35. The molecule has 2 aromatic rings. The lowest BCUT2D eigenvalue weighted by atomic mass is 9.77. The van der Waals surface area contributed by atoms with E-state index in [1.807, 2.05) is 60.7 Å². The maximum absolute atomic E-state index is 13.8. The summed E-state index contributed by atoms with van der Waals surface area (Å²) in [6.45, 7) is 1.30. The van der Waals surface area contributed by atoms with Crippen molar-refractivity contribution in [1.82, 2.24) is 9.80 Å². The predicted molar refractivity (Wildman–Crippen MR) is 147 cm³/mol. The van der Waals surface area contributed by atoms with E-state index in [-0.39, 0.29) is 25.0 Å². The second-order valence-corrected chi connectivity index (χ2v) is 11.1. The summed E-state index contributed by atoms with van der Waals surface area (Å²) < 4.78 is 11.1. The monoisotopic (exact) mass is 546 g/mol. The van der Waals surface area contributed by atoms with E-state index in [4.69, 9.17) is 9.47 Å². The molecule has 40 heavy (non-hydrogen) atoms. The third-order valence-corrected chi connectivity index (χ3v) is 8.46. The van der Waals surface area contributed by atoms with E-state index in [0.717, 1.165) is 36.8 Å². The van der Waals surface area contributed by atoms with Crippen LogP contribution in [0, 0.1) is 11.8 Å². The van der Waals surface area contributed by atoms with Crippen LogP contribution in [0.1, 0.15) is 62.5 Å². The second kappa shape index (κ2) is 13.1. The summed E-state index contributed by atoms with van der Waals surface area (Å²) in [6, 6.07) is 17.7. The molecule has 2 saturated heterocycles. The highest BCUT2D eigenvalue weighted by molar-refractivity contribution is 5.92. The first-order chi connectivity index (χ1) is 19.5. The fraction of sp³-hybridized carbons (Fsp3) is 0.500. The number of ether oxygens (including phenoxy) is 2. The molecule has 1 unspecified atom stereocenters. The topological polar surface area (TPSA) is 93.2 Å². The Morgan fingerprint density at radius 1 is 0.575 bits per heavy atom. The van der Waals surface area contributed by atoms with Crippen molar-refractivity contribution < 1.29 is 28.7 Å². The molecule has 4 atom stereocenters. The molecule has 0 aromatic heterocycles. The molecule has 3 fully saturated rings. The Hall–Kier alpha value is -3.68. The number of esters is 2. The first-order valence-electron chi connectivity index (χ1n) is 14.5. The van der Waals surface area contributed by atoms with E-state index >= 15 is 0 Å². The van der Waals surface area contributed by atoms with Gasteiger partial charge in [0.1, 0.15) is 25.3 Å². The minimum atomic E-state index is -0.624. The normalized spacial score (nSPS) is 24.5. The zero-order chi connectivity index (χ0) is 27.9. The Balaban J connectivity index is 1.22. The summed E-state index contributed by atoms with van der Waals surface area (Å²) >= 11 is 0. The number of nitrogens with zero attached hydrogens (tertiary/aromatic N) is 2. The third-order valence-electron chi connectivity index (χ3n) is 8.46. The molecule has 1 aliphatic carbocycles. The van der Waals surface area contributed by atoms with E-state index in [1.54, 1.807) is 9.80 Å². The minimum Gasteiger partial charge on any atom is -0.459 e. The van der Waals surface area contributed by atoms with E-state index < -0.39 is 35.9 Å². The maximum Gasteiger partial charge on any atom is 0.329 e. The molecule has 2 aliphatic heterocycles. The Kier molecular flexibility index (Phi) is 9.14. The molecule has 3 aliphatic rings.